The van der Waals surface area contributed by atoms with Gasteiger partial charge in [-0.3, -0.25) is 9.48 Å². The molecular weight excluding hydrogens is 445 g/mol. The predicted octanol–water partition coefficient (Wildman–Crippen LogP) is 4.39. The van der Waals surface area contributed by atoms with Gasteiger partial charge in [0, 0.05) is 41.6 Å². The third-order valence-electron chi connectivity index (χ3n) is 4.85. The van der Waals surface area contributed by atoms with Gasteiger partial charge in [0.1, 0.15) is 0 Å². The van der Waals surface area contributed by atoms with Crippen LogP contribution in [0.2, 0.25) is 5.02 Å². The van der Waals surface area contributed by atoms with E-state index in [1.165, 1.54) is 6.07 Å². The normalized spacial score (nSPS) is 11.8. The van der Waals surface area contributed by atoms with Crippen LogP contribution in [0.4, 0.5) is 13.2 Å². The molecule has 0 atom stereocenters. The Morgan fingerprint density at radius 2 is 1.91 bits per heavy atom. The number of nitrogens with zero attached hydrogens (tertiary/aromatic N) is 5. The summed E-state index contributed by atoms with van der Waals surface area (Å²) in [7, 11) is 0. The second-order valence-electron chi connectivity index (χ2n) is 7.14. The number of benzene rings is 1. The molecule has 0 bridgehead atoms. The lowest BCUT2D eigenvalue weighted by Crippen LogP contribution is -2.26. The van der Waals surface area contributed by atoms with Crippen LogP contribution in [0.3, 0.4) is 0 Å². The van der Waals surface area contributed by atoms with Gasteiger partial charge in [-0.25, -0.2) is 9.50 Å². The molecule has 166 valence electrons. The maximum Gasteiger partial charge on any atom is 0.433 e. The van der Waals surface area contributed by atoms with Crippen LogP contribution in [-0.4, -0.2) is 36.8 Å². The van der Waals surface area contributed by atoms with Gasteiger partial charge in [0.25, 0.3) is 5.91 Å². The number of hydrogen-bond acceptors (Lipinski definition) is 4. The summed E-state index contributed by atoms with van der Waals surface area (Å²) in [6.07, 6.45) is -2.40. The van der Waals surface area contributed by atoms with E-state index in [2.05, 4.69) is 20.5 Å². The highest BCUT2D eigenvalue weighted by molar-refractivity contribution is 6.30. The van der Waals surface area contributed by atoms with Gasteiger partial charge in [-0.15, -0.1) is 0 Å². The highest BCUT2D eigenvalue weighted by atomic mass is 35.5. The standard InChI is InChI=1S/C21H18ClF3N6O/c1-13-7-9-27-30(13)10-2-8-26-20(32)17-12-19-28-16(14-3-5-15(22)6-4-14)11-18(21(23,24)25)31(19)29-17/h3-7,9,11-12H,2,8,10H2,1H3,(H,26,32). The lowest BCUT2D eigenvalue weighted by atomic mass is 10.1. The molecule has 0 spiro atoms. The summed E-state index contributed by atoms with van der Waals surface area (Å²) in [6.45, 7) is 2.85. The molecule has 0 unspecified atom stereocenters. The molecule has 1 aromatic carbocycles. The number of carbonyl (C=O) groups is 1. The molecule has 32 heavy (non-hydrogen) atoms. The van der Waals surface area contributed by atoms with E-state index in [1.54, 1.807) is 35.1 Å². The first-order valence-corrected chi connectivity index (χ1v) is 10.1. The van der Waals surface area contributed by atoms with E-state index in [0.717, 1.165) is 11.8 Å². The zero-order valence-corrected chi connectivity index (χ0v) is 17.7. The summed E-state index contributed by atoms with van der Waals surface area (Å²) < 4.78 is 43.5. The summed E-state index contributed by atoms with van der Waals surface area (Å²) in [5, 5.41) is 11.1. The first-order chi connectivity index (χ1) is 15.2. The molecule has 0 saturated carbocycles. The summed E-state index contributed by atoms with van der Waals surface area (Å²) in [5.74, 6) is -0.575. The van der Waals surface area contributed by atoms with Crippen LogP contribution >= 0.6 is 11.6 Å². The minimum Gasteiger partial charge on any atom is -0.351 e. The Kier molecular flexibility index (Phi) is 5.88. The van der Waals surface area contributed by atoms with Crippen LogP contribution < -0.4 is 5.32 Å². The molecule has 4 aromatic rings. The second-order valence-corrected chi connectivity index (χ2v) is 7.57. The van der Waals surface area contributed by atoms with E-state index in [9.17, 15) is 18.0 Å². The zero-order chi connectivity index (χ0) is 22.9. The monoisotopic (exact) mass is 462 g/mol. The van der Waals surface area contributed by atoms with Crippen molar-refractivity contribution in [3.8, 4) is 11.3 Å². The average Bonchev–Trinajstić information content (AvgIpc) is 3.36. The molecule has 0 aliphatic rings. The number of nitrogens with one attached hydrogen (secondary N) is 1. The first kappa shape index (κ1) is 21.8. The SMILES string of the molecule is Cc1ccnn1CCCNC(=O)c1cc2nc(-c3ccc(Cl)cc3)cc(C(F)(F)F)n2n1. The quantitative estimate of drug-likeness (QED) is 0.431. The molecule has 0 radical (unpaired) electrons. The molecule has 0 aliphatic carbocycles. The van der Waals surface area contributed by atoms with Gasteiger partial charge in [0.05, 0.1) is 5.69 Å². The van der Waals surface area contributed by atoms with Crippen molar-refractivity contribution < 1.29 is 18.0 Å². The lowest BCUT2D eigenvalue weighted by molar-refractivity contribution is -0.142. The molecule has 1 N–H and O–H groups in total. The Bertz CT molecular complexity index is 1260. The molecule has 4 rings (SSSR count). The van der Waals surface area contributed by atoms with E-state index in [-0.39, 0.29) is 17.0 Å². The van der Waals surface area contributed by atoms with Gasteiger partial charge in [-0.05, 0) is 37.6 Å². The van der Waals surface area contributed by atoms with Crippen LogP contribution in [0.5, 0.6) is 0 Å². The Morgan fingerprint density at radius 1 is 1.16 bits per heavy atom. The minimum absolute atomic E-state index is 0.0814. The van der Waals surface area contributed by atoms with Crippen molar-refractivity contribution in [3.05, 3.63) is 70.8 Å². The molecule has 3 aromatic heterocycles. The third kappa shape index (κ3) is 4.59. The second kappa shape index (κ2) is 8.62. The van der Waals surface area contributed by atoms with Gasteiger partial charge in [-0.1, -0.05) is 23.7 Å². The van der Waals surface area contributed by atoms with Gasteiger partial charge < -0.3 is 5.32 Å². The molecule has 1 amide bonds. The Morgan fingerprint density at radius 3 is 2.56 bits per heavy atom. The molecule has 0 saturated heterocycles. The smallest absolute Gasteiger partial charge is 0.351 e. The fourth-order valence-corrected chi connectivity index (χ4v) is 3.34. The number of hydrogen-bond donors (Lipinski definition) is 1. The third-order valence-corrected chi connectivity index (χ3v) is 5.10. The largest absolute Gasteiger partial charge is 0.433 e. The maximum atomic E-state index is 13.7. The molecule has 0 fully saturated rings. The number of carbonyl (C=O) groups excluding carboxylic acids is 1. The van der Waals surface area contributed by atoms with Crippen molar-refractivity contribution in [2.24, 2.45) is 0 Å². The highest BCUT2D eigenvalue weighted by Gasteiger charge is 2.35. The number of aryl methyl sites for hydroxylation is 2. The van der Waals surface area contributed by atoms with Gasteiger partial charge in [0.15, 0.2) is 17.0 Å². The summed E-state index contributed by atoms with van der Waals surface area (Å²) in [6, 6.07) is 10.3. The summed E-state index contributed by atoms with van der Waals surface area (Å²) in [5.41, 5.74) is 0.305. The van der Waals surface area contributed by atoms with Crippen LogP contribution in [0, 0.1) is 6.92 Å². The minimum atomic E-state index is -4.69. The van der Waals surface area contributed by atoms with Gasteiger partial charge >= 0.3 is 6.18 Å². The van der Waals surface area contributed by atoms with Crippen LogP contribution in [0.25, 0.3) is 16.9 Å². The number of rotatable bonds is 6. The van der Waals surface area contributed by atoms with E-state index >= 15 is 0 Å². The highest BCUT2D eigenvalue weighted by Crippen LogP contribution is 2.32. The van der Waals surface area contributed by atoms with Crippen molar-refractivity contribution in [1.82, 2.24) is 29.7 Å². The van der Waals surface area contributed by atoms with Gasteiger partial charge in [-0.2, -0.15) is 23.4 Å². The van der Waals surface area contributed by atoms with Crippen molar-refractivity contribution in [2.75, 3.05) is 6.54 Å². The Balaban J connectivity index is 1.57. The van der Waals surface area contributed by atoms with E-state index < -0.39 is 17.8 Å². The fourth-order valence-electron chi connectivity index (χ4n) is 3.21. The average molecular weight is 463 g/mol. The Hall–Kier alpha value is -3.40. The summed E-state index contributed by atoms with van der Waals surface area (Å²) in [4.78, 5) is 16.7. The van der Waals surface area contributed by atoms with E-state index in [4.69, 9.17) is 11.6 Å². The Labute approximate surface area is 185 Å². The fraction of sp³-hybridized carbons (Fsp3) is 0.238. The molecule has 0 aliphatic heterocycles. The zero-order valence-electron chi connectivity index (χ0n) is 16.9. The number of fused-ring (bicyclic) bond motifs is 1. The number of amides is 1. The molecule has 7 nitrogen and oxygen atoms in total. The van der Waals surface area contributed by atoms with Crippen molar-refractivity contribution in [2.45, 2.75) is 26.1 Å². The predicted molar refractivity (Wildman–Crippen MR) is 112 cm³/mol. The van der Waals surface area contributed by atoms with E-state index in [1.807, 2.05) is 13.0 Å². The topological polar surface area (TPSA) is 77.1 Å². The molecule has 3 heterocycles. The molecular formula is C21H18ClF3N6O. The van der Waals surface area contributed by atoms with Crippen LogP contribution in [-0.2, 0) is 12.7 Å². The lowest BCUT2D eigenvalue weighted by Gasteiger charge is -2.11. The van der Waals surface area contributed by atoms with E-state index in [0.29, 0.717) is 34.6 Å². The number of alkyl halides is 3. The first-order valence-electron chi connectivity index (χ1n) is 9.73. The maximum absolute atomic E-state index is 13.7. The van der Waals surface area contributed by atoms with Crippen molar-refractivity contribution in [3.63, 3.8) is 0 Å². The summed E-state index contributed by atoms with van der Waals surface area (Å²) >= 11 is 5.86. The number of halogens is 4. The number of aromatic nitrogens is 5. The van der Waals surface area contributed by atoms with Crippen molar-refractivity contribution in [1.29, 1.82) is 0 Å². The van der Waals surface area contributed by atoms with Crippen molar-refractivity contribution >= 4 is 23.2 Å². The van der Waals surface area contributed by atoms with Gasteiger partial charge in [0.2, 0.25) is 0 Å². The van der Waals surface area contributed by atoms with Crippen LogP contribution in [0.1, 0.15) is 28.3 Å². The van der Waals surface area contributed by atoms with Crippen LogP contribution in [0.15, 0.2) is 48.7 Å². The molecule has 11 heteroatoms.